The minimum atomic E-state index is -0.858. The van der Waals surface area contributed by atoms with Gasteiger partial charge in [0, 0.05) is 0 Å². The second kappa shape index (κ2) is 6.62. The van der Waals surface area contributed by atoms with Crippen LogP contribution in [0.1, 0.15) is 32.2 Å². The Morgan fingerprint density at radius 2 is 2.40 bits per heavy atom. The van der Waals surface area contributed by atoms with Crippen molar-refractivity contribution < 1.29 is 14.4 Å². The number of carboxylic acids is 1. The van der Waals surface area contributed by atoms with Crippen LogP contribution < -0.4 is 0 Å². The van der Waals surface area contributed by atoms with Crippen LogP contribution in [0, 0.1) is 0 Å². The molecule has 0 aliphatic rings. The summed E-state index contributed by atoms with van der Waals surface area (Å²) in [6.45, 7) is 4.52. The lowest BCUT2D eigenvalue weighted by molar-refractivity contribution is -0.139. The first-order valence-electron chi connectivity index (χ1n) is 6.45. The molecule has 108 valence electrons. The van der Waals surface area contributed by atoms with Gasteiger partial charge >= 0.3 is 5.97 Å². The largest absolute Gasteiger partial charge is 0.480 e. The first-order valence-corrected chi connectivity index (χ1v) is 7.33. The van der Waals surface area contributed by atoms with E-state index in [4.69, 9.17) is 9.63 Å². The predicted octanol–water partition coefficient (Wildman–Crippen LogP) is 2.66. The molecule has 0 radical (unpaired) electrons. The number of carbonyl (C=O) groups is 1. The minimum absolute atomic E-state index is 0.0360. The lowest BCUT2D eigenvalue weighted by Crippen LogP contribution is -2.33. The molecule has 1 unspecified atom stereocenters. The van der Waals surface area contributed by atoms with Crippen LogP contribution in [0.2, 0.25) is 0 Å². The molecule has 2 heterocycles. The average Bonchev–Trinajstić information content (AvgIpc) is 3.07. The molecule has 0 amide bonds. The van der Waals surface area contributed by atoms with Crippen molar-refractivity contribution in [3.8, 4) is 10.7 Å². The van der Waals surface area contributed by atoms with Gasteiger partial charge in [0.15, 0.2) is 0 Å². The highest BCUT2D eigenvalue weighted by Gasteiger charge is 2.23. The zero-order valence-corrected chi connectivity index (χ0v) is 12.3. The summed E-state index contributed by atoms with van der Waals surface area (Å²) in [7, 11) is 0. The van der Waals surface area contributed by atoms with E-state index in [9.17, 15) is 4.79 Å². The van der Waals surface area contributed by atoms with Crippen molar-refractivity contribution >= 4 is 17.3 Å². The van der Waals surface area contributed by atoms with E-state index in [0.29, 0.717) is 18.3 Å². The number of carboxylic acid groups (broad SMARTS) is 1. The highest BCUT2D eigenvalue weighted by atomic mass is 32.1. The SMILES string of the molecule is CCCN(CC(=O)O)C(C)c1nc(-c2cccs2)no1. The van der Waals surface area contributed by atoms with E-state index in [1.807, 2.05) is 36.3 Å². The van der Waals surface area contributed by atoms with Crippen molar-refractivity contribution in [2.24, 2.45) is 0 Å². The molecule has 0 fully saturated rings. The van der Waals surface area contributed by atoms with Gasteiger partial charge in [-0.15, -0.1) is 11.3 Å². The van der Waals surface area contributed by atoms with Gasteiger partial charge in [-0.25, -0.2) is 0 Å². The molecule has 0 aliphatic carbocycles. The molecule has 0 bridgehead atoms. The summed E-state index contributed by atoms with van der Waals surface area (Å²) in [5.41, 5.74) is 0. The van der Waals surface area contributed by atoms with Crippen molar-refractivity contribution in [2.75, 3.05) is 13.1 Å². The van der Waals surface area contributed by atoms with Crippen molar-refractivity contribution in [3.05, 3.63) is 23.4 Å². The van der Waals surface area contributed by atoms with Gasteiger partial charge in [0.2, 0.25) is 11.7 Å². The highest BCUT2D eigenvalue weighted by molar-refractivity contribution is 7.13. The molecule has 1 atom stereocenters. The van der Waals surface area contributed by atoms with Gasteiger partial charge in [0.05, 0.1) is 17.5 Å². The summed E-state index contributed by atoms with van der Waals surface area (Å²) >= 11 is 1.54. The molecule has 0 aromatic carbocycles. The molecular formula is C13H17N3O3S. The molecule has 1 N–H and O–H groups in total. The van der Waals surface area contributed by atoms with E-state index in [1.54, 1.807) is 0 Å². The van der Waals surface area contributed by atoms with Crippen molar-refractivity contribution in [1.29, 1.82) is 0 Å². The van der Waals surface area contributed by atoms with Gasteiger partial charge in [0.1, 0.15) is 0 Å². The molecule has 2 aromatic rings. The summed E-state index contributed by atoms with van der Waals surface area (Å²) in [6.07, 6.45) is 0.865. The molecule has 7 heteroatoms. The van der Waals surface area contributed by atoms with E-state index in [-0.39, 0.29) is 12.6 Å². The van der Waals surface area contributed by atoms with E-state index in [0.717, 1.165) is 11.3 Å². The van der Waals surface area contributed by atoms with E-state index < -0.39 is 5.97 Å². The molecule has 0 spiro atoms. The van der Waals surface area contributed by atoms with Crippen LogP contribution in [0.3, 0.4) is 0 Å². The monoisotopic (exact) mass is 295 g/mol. The third-order valence-corrected chi connectivity index (χ3v) is 3.80. The molecule has 6 nitrogen and oxygen atoms in total. The second-order valence-electron chi connectivity index (χ2n) is 4.47. The Morgan fingerprint density at radius 1 is 1.60 bits per heavy atom. The maximum absolute atomic E-state index is 10.9. The Hall–Kier alpha value is -1.73. The first-order chi connectivity index (χ1) is 9.61. The third-order valence-electron chi connectivity index (χ3n) is 2.94. The minimum Gasteiger partial charge on any atom is -0.480 e. The number of nitrogens with zero attached hydrogens (tertiary/aromatic N) is 3. The first kappa shape index (κ1) is 14.7. The summed E-state index contributed by atoms with van der Waals surface area (Å²) < 4.78 is 5.27. The summed E-state index contributed by atoms with van der Waals surface area (Å²) in [6, 6.07) is 3.63. The van der Waals surface area contributed by atoms with Gasteiger partial charge < -0.3 is 9.63 Å². The second-order valence-corrected chi connectivity index (χ2v) is 5.42. The molecule has 0 saturated heterocycles. The molecule has 20 heavy (non-hydrogen) atoms. The topological polar surface area (TPSA) is 79.5 Å². The van der Waals surface area contributed by atoms with E-state index >= 15 is 0 Å². The molecule has 0 aliphatic heterocycles. The standard InChI is InChI=1S/C13H17N3O3S/c1-3-6-16(8-11(17)18)9(2)13-14-12(15-19-13)10-5-4-7-20-10/h4-5,7,9H,3,6,8H2,1-2H3,(H,17,18). The zero-order valence-electron chi connectivity index (χ0n) is 11.4. The fraction of sp³-hybridized carbons (Fsp3) is 0.462. The highest BCUT2D eigenvalue weighted by Crippen LogP contribution is 2.25. The van der Waals surface area contributed by atoms with Crippen LogP contribution in [-0.2, 0) is 4.79 Å². The summed E-state index contributed by atoms with van der Waals surface area (Å²) in [5, 5.41) is 14.9. The number of hydrogen-bond donors (Lipinski definition) is 1. The fourth-order valence-corrected chi connectivity index (χ4v) is 2.59. The Morgan fingerprint density at radius 3 is 3.00 bits per heavy atom. The number of rotatable bonds is 7. The average molecular weight is 295 g/mol. The normalized spacial score (nSPS) is 12.8. The number of thiophene rings is 1. The van der Waals surface area contributed by atoms with Crippen LogP contribution >= 0.6 is 11.3 Å². The number of aromatic nitrogens is 2. The maximum Gasteiger partial charge on any atom is 0.317 e. The van der Waals surface area contributed by atoms with E-state index in [1.165, 1.54) is 11.3 Å². The number of hydrogen-bond acceptors (Lipinski definition) is 6. The van der Waals surface area contributed by atoms with Crippen LogP contribution in [-0.4, -0.2) is 39.2 Å². The fourth-order valence-electron chi connectivity index (χ4n) is 1.94. The predicted molar refractivity (Wildman–Crippen MR) is 75.5 cm³/mol. The van der Waals surface area contributed by atoms with Crippen LogP contribution in [0.15, 0.2) is 22.0 Å². The molecular weight excluding hydrogens is 278 g/mol. The van der Waals surface area contributed by atoms with Gasteiger partial charge in [-0.3, -0.25) is 9.69 Å². The summed E-state index contributed by atoms with van der Waals surface area (Å²) in [5.74, 6) is 0.139. The summed E-state index contributed by atoms with van der Waals surface area (Å²) in [4.78, 5) is 18.0. The zero-order chi connectivity index (χ0) is 14.5. The Kier molecular flexibility index (Phi) is 4.86. The van der Waals surface area contributed by atoms with Gasteiger partial charge in [0.25, 0.3) is 0 Å². The quantitative estimate of drug-likeness (QED) is 0.846. The van der Waals surface area contributed by atoms with Crippen molar-refractivity contribution in [1.82, 2.24) is 15.0 Å². The smallest absolute Gasteiger partial charge is 0.317 e. The van der Waals surface area contributed by atoms with Crippen LogP contribution in [0.25, 0.3) is 10.7 Å². The Bertz CT molecular complexity index is 553. The molecule has 2 aromatic heterocycles. The number of aliphatic carboxylic acids is 1. The maximum atomic E-state index is 10.9. The van der Waals surface area contributed by atoms with Gasteiger partial charge in [-0.2, -0.15) is 4.98 Å². The van der Waals surface area contributed by atoms with Gasteiger partial charge in [-0.05, 0) is 31.3 Å². The van der Waals surface area contributed by atoms with Crippen LogP contribution in [0.4, 0.5) is 0 Å². The van der Waals surface area contributed by atoms with Crippen molar-refractivity contribution in [2.45, 2.75) is 26.3 Å². The lowest BCUT2D eigenvalue weighted by Gasteiger charge is -2.23. The lowest BCUT2D eigenvalue weighted by atomic mass is 10.2. The van der Waals surface area contributed by atoms with Crippen molar-refractivity contribution in [3.63, 3.8) is 0 Å². The Labute approximate surface area is 121 Å². The van der Waals surface area contributed by atoms with Gasteiger partial charge in [-0.1, -0.05) is 18.1 Å². The molecule has 0 saturated carbocycles. The van der Waals surface area contributed by atoms with E-state index in [2.05, 4.69) is 10.1 Å². The Balaban J connectivity index is 2.14. The third kappa shape index (κ3) is 3.43. The van der Waals surface area contributed by atoms with Crippen LogP contribution in [0.5, 0.6) is 0 Å². The molecule has 2 rings (SSSR count).